The van der Waals surface area contributed by atoms with Gasteiger partial charge in [0.1, 0.15) is 17.1 Å². The molecule has 0 atom stereocenters. The van der Waals surface area contributed by atoms with Gasteiger partial charge in [0.05, 0.1) is 77.0 Å². The Morgan fingerprint density at radius 1 is 0.716 bits per heavy atom. The second-order valence-corrected chi connectivity index (χ2v) is 23.2. The molecule has 0 spiro atoms. The molecule has 464 valence electrons. The standard InChI is InChI=1S/C34H41N7O4.C29H33N7O2.CH4O3S/c1-8-30(42)36-26-19-27(29(44-7)20-28(26)39(5)17-18-40(6)33(43)45-34(2,3)4)38-32-35-15-14-25(37-32)24-21-41-16-10-12-22-11-9-13-23(24)31(22)41;1-5-27(37)32-23-16-24(26(38-4)17-25(23)35(3)15-13-30-2)34-29-31-12-11-22(33-29)21-18-36-14-7-9-19-8-6-10-20(21)28(19)36;1-5(2,3)4/h8-9,11,13-15,19-21H,1,10,12,16-18H2,2-7H3,(H,36,42)(H,35,37,38);5-6,8,10-12,16-18,30H,1,7,9,13-15H2,2-4H3,(H,32,37)(H,31,33,34);1H3,(H,2,3,4)/i6D3;2D3;. The van der Waals surface area contributed by atoms with E-state index in [-0.39, 0.29) is 25.5 Å². The lowest BCUT2D eigenvalue weighted by Crippen LogP contribution is -2.38. The van der Waals surface area contributed by atoms with Crippen LogP contribution in [0.2, 0.25) is 0 Å². The molecule has 0 aliphatic carbocycles. The number of methoxy groups -OCH3 is 2. The molecule has 24 heteroatoms. The zero-order valence-electron chi connectivity index (χ0n) is 56.5. The third kappa shape index (κ3) is 16.1. The van der Waals surface area contributed by atoms with Gasteiger partial charge in [-0.25, -0.2) is 24.7 Å². The van der Waals surface area contributed by atoms with E-state index in [1.54, 1.807) is 83.5 Å². The van der Waals surface area contributed by atoms with Gasteiger partial charge < -0.3 is 64.6 Å². The van der Waals surface area contributed by atoms with Crippen molar-refractivity contribution in [2.45, 2.75) is 65.1 Å². The Hall–Kier alpha value is -9.52. The minimum atomic E-state index is -3.67. The quantitative estimate of drug-likeness (QED) is 0.0306. The number of para-hydroxylation sites is 2. The molecule has 23 nitrogen and oxygen atoms in total. The Kier molecular flexibility index (Phi) is 18.1. The van der Waals surface area contributed by atoms with Crippen molar-refractivity contribution in [3.63, 3.8) is 0 Å². The Labute approximate surface area is 522 Å². The number of rotatable bonds is 20. The average Bonchev–Trinajstić information content (AvgIpc) is 1.60. The lowest BCUT2D eigenvalue weighted by molar-refractivity contribution is -0.112. The molecule has 6 heterocycles. The lowest BCUT2D eigenvalue weighted by atomic mass is 10.0. The van der Waals surface area contributed by atoms with E-state index < -0.39 is 41.7 Å². The molecule has 2 aliphatic rings. The van der Waals surface area contributed by atoms with Crippen molar-refractivity contribution < 1.29 is 49.8 Å². The van der Waals surface area contributed by atoms with E-state index in [1.807, 2.05) is 17.0 Å². The highest BCUT2D eigenvalue weighted by molar-refractivity contribution is 7.85. The monoisotopic (exact) mass is 1220 g/mol. The van der Waals surface area contributed by atoms with Gasteiger partial charge in [-0.15, -0.1) is 0 Å². The van der Waals surface area contributed by atoms with E-state index in [0.717, 1.165) is 72.7 Å². The third-order valence-electron chi connectivity index (χ3n) is 14.2. The normalized spacial score (nSPS) is 13.6. The van der Waals surface area contributed by atoms with Crippen molar-refractivity contribution in [2.24, 2.45) is 0 Å². The highest BCUT2D eigenvalue weighted by Gasteiger charge is 2.24. The molecular formula is C64H78N14O9S. The Balaban J connectivity index is 0.000000227. The maximum Gasteiger partial charge on any atom is 0.410 e. The third-order valence-corrected chi connectivity index (χ3v) is 14.2. The summed E-state index contributed by atoms with van der Waals surface area (Å²) >= 11 is 0. The summed E-state index contributed by atoms with van der Waals surface area (Å²) < 4.78 is 93.0. The van der Waals surface area contributed by atoms with Crippen molar-refractivity contribution >= 4 is 95.9 Å². The number of carbonyl (C=O) groups excluding carboxylic acids is 3. The van der Waals surface area contributed by atoms with Gasteiger partial charge in [0.2, 0.25) is 23.7 Å². The number of aryl methyl sites for hydroxylation is 4. The second-order valence-electron chi connectivity index (χ2n) is 21.7. The number of amides is 3. The van der Waals surface area contributed by atoms with Crippen molar-refractivity contribution in [3.05, 3.63) is 134 Å². The summed E-state index contributed by atoms with van der Waals surface area (Å²) in [7, 11) is 2.91. The van der Waals surface area contributed by atoms with Crippen LogP contribution in [0.25, 0.3) is 44.3 Å². The molecule has 0 saturated heterocycles. The van der Waals surface area contributed by atoms with Crippen LogP contribution in [0, 0.1) is 0 Å². The molecule has 3 amide bonds. The van der Waals surface area contributed by atoms with Gasteiger partial charge in [-0.3, -0.25) is 14.1 Å². The van der Waals surface area contributed by atoms with E-state index in [1.165, 1.54) is 40.7 Å². The highest BCUT2D eigenvalue weighted by Crippen LogP contribution is 2.41. The Morgan fingerprint density at radius 3 is 1.60 bits per heavy atom. The van der Waals surface area contributed by atoms with Crippen molar-refractivity contribution in [2.75, 3.05) is 106 Å². The molecule has 10 rings (SSSR count). The number of ether oxygens (including phenoxy) is 3. The zero-order chi connectivity index (χ0) is 68.5. The number of nitrogens with zero attached hydrogens (tertiary/aromatic N) is 9. The Bertz CT molecular complexity index is 4220. The SMILES string of the molecule is CS(=O)(=O)O.[2H]C([2H])([2H])N(CCN(C)c1cc(OC)c(Nc2nccc(-c3cn4c5c(cccc35)CCC4)n2)cc1NC(=O)C=C)C(=O)OC(C)(C)C.[2H]C([2H])([2H])NCCN(C)c1cc(OC)c(Nc2nccc(-c3cn4c5c(cccc35)CCC4)n2)cc1NC(=O)C=C. The number of aromatic nitrogens is 6. The molecule has 0 saturated carbocycles. The fraction of sp³-hybridized carbons (Fsp3) is 0.328. The summed E-state index contributed by atoms with van der Waals surface area (Å²) in [6.07, 6.45) is 14.1. The van der Waals surface area contributed by atoms with Crippen molar-refractivity contribution in [3.8, 4) is 34.0 Å². The first-order chi connectivity index (χ1) is 44.3. The number of hydrogen-bond acceptors (Lipinski definition) is 17. The number of benzene rings is 4. The van der Waals surface area contributed by atoms with E-state index in [9.17, 15) is 22.8 Å². The average molecular weight is 1230 g/mol. The number of carbonyl (C=O) groups is 3. The van der Waals surface area contributed by atoms with Crippen molar-refractivity contribution in [1.82, 2.24) is 39.3 Å². The van der Waals surface area contributed by atoms with Crippen LogP contribution in [-0.4, -0.2) is 145 Å². The fourth-order valence-electron chi connectivity index (χ4n) is 10.3. The van der Waals surface area contributed by atoms with Gasteiger partial charge in [-0.1, -0.05) is 49.6 Å². The van der Waals surface area contributed by atoms with Crippen LogP contribution in [0.5, 0.6) is 11.5 Å². The molecule has 0 bridgehead atoms. The second kappa shape index (κ2) is 28.3. The summed E-state index contributed by atoms with van der Waals surface area (Å²) in [4.78, 5) is 60.3. The fourth-order valence-corrected chi connectivity index (χ4v) is 10.3. The van der Waals surface area contributed by atoms with Crippen molar-refractivity contribution in [1.29, 1.82) is 0 Å². The van der Waals surface area contributed by atoms with Crippen LogP contribution in [0.3, 0.4) is 0 Å². The highest BCUT2D eigenvalue weighted by atomic mass is 32.2. The largest absolute Gasteiger partial charge is 0.494 e. The number of nitrogens with one attached hydrogen (secondary N) is 5. The minimum Gasteiger partial charge on any atom is -0.494 e. The zero-order valence-corrected chi connectivity index (χ0v) is 51.3. The van der Waals surface area contributed by atoms with Gasteiger partial charge in [-0.2, -0.15) is 8.42 Å². The smallest absolute Gasteiger partial charge is 0.410 e. The first-order valence-corrected chi connectivity index (χ1v) is 30.0. The summed E-state index contributed by atoms with van der Waals surface area (Å²) in [5.41, 5.74) is 11.0. The van der Waals surface area contributed by atoms with E-state index in [4.69, 9.17) is 37.0 Å². The van der Waals surface area contributed by atoms with E-state index >= 15 is 0 Å². The summed E-state index contributed by atoms with van der Waals surface area (Å²) in [5.74, 6) is 0.762. The molecule has 0 fully saturated rings. The summed E-state index contributed by atoms with van der Waals surface area (Å²) in [5, 5.41) is 16.9. The van der Waals surface area contributed by atoms with Gasteiger partial charge in [0.15, 0.2) is 0 Å². The molecule has 8 aromatic rings. The molecule has 4 aromatic heterocycles. The van der Waals surface area contributed by atoms with Gasteiger partial charge in [0.25, 0.3) is 10.1 Å². The van der Waals surface area contributed by atoms with E-state index in [2.05, 4.69) is 108 Å². The van der Waals surface area contributed by atoms with Gasteiger partial charge in [0, 0.05) is 127 Å². The molecular weight excluding hydrogens is 1140 g/mol. The van der Waals surface area contributed by atoms with E-state index in [0.29, 0.717) is 75.2 Å². The van der Waals surface area contributed by atoms with Crippen LogP contribution in [0.4, 0.5) is 50.8 Å². The molecule has 0 radical (unpaired) electrons. The first kappa shape index (κ1) is 56.3. The maximum atomic E-state index is 12.8. The molecule has 6 N–H and O–H groups in total. The molecule has 2 aliphatic heterocycles. The predicted molar refractivity (Wildman–Crippen MR) is 350 cm³/mol. The predicted octanol–water partition coefficient (Wildman–Crippen LogP) is 10.3. The van der Waals surface area contributed by atoms with Gasteiger partial charge in [-0.05, 0) is 101 Å². The number of anilines is 8. The summed E-state index contributed by atoms with van der Waals surface area (Å²) in [6.45, 7) is 9.56. The number of likely N-dealkylation sites (N-methyl/N-ethyl adjacent to an activating group) is 4. The van der Waals surface area contributed by atoms with Crippen LogP contribution < -0.4 is 45.9 Å². The maximum absolute atomic E-state index is 12.8. The van der Waals surface area contributed by atoms with Crippen LogP contribution in [-0.2, 0) is 50.4 Å². The topological polar surface area (TPSA) is 265 Å². The summed E-state index contributed by atoms with van der Waals surface area (Å²) in [6, 6.07) is 23.4. The first-order valence-electron chi connectivity index (χ1n) is 31.2. The molecule has 4 aromatic carbocycles. The molecule has 0 unspecified atom stereocenters. The van der Waals surface area contributed by atoms with Crippen LogP contribution in [0.15, 0.2) is 123 Å². The minimum absolute atomic E-state index is 0.0883. The van der Waals surface area contributed by atoms with Crippen LogP contribution in [0.1, 0.15) is 53.0 Å². The van der Waals surface area contributed by atoms with Gasteiger partial charge >= 0.3 is 6.09 Å². The molecule has 88 heavy (non-hydrogen) atoms. The number of hydrogen-bond donors (Lipinski definition) is 6. The van der Waals surface area contributed by atoms with Crippen LogP contribution >= 0.6 is 0 Å². The lowest BCUT2D eigenvalue weighted by Gasteiger charge is -2.28. The Morgan fingerprint density at radius 2 is 1.18 bits per heavy atom.